The number of likely N-dealkylation sites (tertiary alicyclic amines) is 1. The quantitative estimate of drug-likeness (QED) is 0.220. The molecule has 1 aromatic rings. The van der Waals surface area contributed by atoms with E-state index in [4.69, 9.17) is 5.73 Å². The maximum Gasteiger partial charge on any atom is 0.220 e. The molecule has 2 rings (SSSR count). The highest BCUT2D eigenvalue weighted by atomic mass is 127. The van der Waals surface area contributed by atoms with E-state index in [-0.39, 0.29) is 35.8 Å². The molecule has 8 heteroatoms. The van der Waals surface area contributed by atoms with Crippen molar-refractivity contribution < 1.29 is 4.79 Å². The van der Waals surface area contributed by atoms with Crippen molar-refractivity contribution in [2.45, 2.75) is 32.2 Å². The lowest BCUT2D eigenvalue weighted by Crippen LogP contribution is -2.40. The molecule has 1 amide bonds. The van der Waals surface area contributed by atoms with Crippen LogP contribution in [-0.2, 0) is 11.3 Å². The number of carbonyl (C=O) groups excluding carboxylic acids is 1. The molecule has 1 saturated heterocycles. The minimum Gasteiger partial charge on any atom is -0.369 e. The molecule has 1 aliphatic heterocycles. The van der Waals surface area contributed by atoms with Crippen LogP contribution in [0.25, 0.3) is 0 Å². The third-order valence-corrected chi connectivity index (χ3v) is 5.89. The number of amides is 1. The Balaban J connectivity index is 0.00000392. The van der Waals surface area contributed by atoms with E-state index in [1.807, 2.05) is 13.1 Å². The number of unbranched alkanes of at least 4 members (excludes halogenated alkanes) is 1. The second-order valence-electron chi connectivity index (χ2n) is 7.15. The first kappa shape index (κ1) is 25.2. The van der Waals surface area contributed by atoms with Crippen LogP contribution in [0.3, 0.4) is 0 Å². The highest BCUT2D eigenvalue weighted by Crippen LogP contribution is 2.18. The Morgan fingerprint density at radius 2 is 2.00 bits per heavy atom. The summed E-state index contributed by atoms with van der Waals surface area (Å²) in [6.45, 7) is 4.76. The van der Waals surface area contributed by atoms with Crippen LogP contribution >= 0.6 is 39.9 Å². The number of nitrogens with one attached hydrogen (secondary N) is 1. The molecule has 1 fully saturated rings. The average Bonchev–Trinajstić information content (AvgIpc) is 2.66. The molecule has 3 N–H and O–H groups in total. The fourth-order valence-corrected chi connectivity index (χ4v) is 3.85. The van der Waals surface area contributed by atoms with Crippen molar-refractivity contribution in [1.29, 1.82) is 0 Å². The van der Waals surface area contributed by atoms with Crippen LogP contribution in [0.15, 0.2) is 33.7 Å². The number of rotatable bonds is 8. The van der Waals surface area contributed by atoms with Gasteiger partial charge in [-0.3, -0.25) is 9.79 Å². The standard InChI is InChI=1S/C20H32BrN5O.HI/c1-23-20(25(2)15-17-7-3-4-8-18(17)21)24-11-5-6-12-26-13-9-16(10-14-26)19(22)27;/h3-4,7-8,16H,5-6,9-15H2,1-2H3,(H2,22,27)(H,23,24);1H. The number of piperidine rings is 1. The van der Waals surface area contributed by atoms with Gasteiger partial charge < -0.3 is 20.9 Å². The number of nitrogens with zero attached hydrogens (tertiary/aromatic N) is 3. The fraction of sp³-hybridized carbons (Fsp3) is 0.600. The molecule has 1 aliphatic rings. The fourth-order valence-electron chi connectivity index (χ4n) is 3.44. The largest absolute Gasteiger partial charge is 0.369 e. The van der Waals surface area contributed by atoms with Gasteiger partial charge in [0.2, 0.25) is 5.91 Å². The normalized spacial score (nSPS) is 15.8. The Labute approximate surface area is 194 Å². The first-order chi connectivity index (χ1) is 13.0. The van der Waals surface area contributed by atoms with Gasteiger partial charge in [0.15, 0.2) is 5.96 Å². The Morgan fingerprint density at radius 1 is 1.32 bits per heavy atom. The molecular formula is C20H33BrIN5O. The van der Waals surface area contributed by atoms with Gasteiger partial charge in [0, 0.05) is 37.6 Å². The maximum atomic E-state index is 11.2. The highest BCUT2D eigenvalue weighted by Gasteiger charge is 2.22. The summed E-state index contributed by atoms with van der Waals surface area (Å²) in [7, 11) is 3.87. The molecule has 0 radical (unpaired) electrons. The molecule has 1 heterocycles. The van der Waals surface area contributed by atoms with Crippen LogP contribution in [0.1, 0.15) is 31.2 Å². The second-order valence-corrected chi connectivity index (χ2v) is 8.00. The lowest BCUT2D eigenvalue weighted by Gasteiger charge is -2.30. The van der Waals surface area contributed by atoms with Gasteiger partial charge in [-0.05, 0) is 56.9 Å². The number of hydrogen-bond acceptors (Lipinski definition) is 3. The van der Waals surface area contributed by atoms with E-state index >= 15 is 0 Å². The van der Waals surface area contributed by atoms with Crippen molar-refractivity contribution in [2.75, 3.05) is 40.3 Å². The maximum absolute atomic E-state index is 11.2. The molecule has 0 aromatic heterocycles. The average molecular weight is 566 g/mol. The van der Waals surface area contributed by atoms with E-state index < -0.39 is 0 Å². The molecule has 0 unspecified atom stereocenters. The molecule has 28 heavy (non-hydrogen) atoms. The summed E-state index contributed by atoms with van der Waals surface area (Å²) in [6, 6.07) is 8.26. The first-order valence-corrected chi connectivity index (χ1v) is 10.5. The SMILES string of the molecule is CN=C(NCCCCN1CCC(C(N)=O)CC1)N(C)Cc1ccccc1Br.I. The van der Waals surface area contributed by atoms with Gasteiger partial charge in [0.25, 0.3) is 0 Å². The predicted octanol–water partition coefficient (Wildman–Crippen LogP) is 3.05. The number of carbonyl (C=O) groups is 1. The predicted molar refractivity (Wildman–Crippen MR) is 130 cm³/mol. The highest BCUT2D eigenvalue weighted by molar-refractivity contribution is 14.0. The topological polar surface area (TPSA) is 74.0 Å². The lowest BCUT2D eigenvalue weighted by molar-refractivity contribution is -0.123. The molecule has 0 saturated carbocycles. The Bertz CT molecular complexity index is 635. The minimum absolute atomic E-state index is 0. The van der Waals surface area contributed by atoms with E-state index in [0.29, 0.717) is 0 Å². The van der Waals surface area contributed by atoms with Crippen LogP contribution in [-0.4, -0.2) is 61.9 Å². The van der Waals surface area contributed by atoms with E-state index in [9.17, 15) is 4.79 Å². The smallest absolute Gasteiger partial charge is 0.220 e. The number of nitrogens with two attached hydrogens (primary N) is 1. The summed E-state index contributed by atoms with van der Waals surface area (Å²) in [5.74, 6) is 0.844. The summed E-state index contributed by atoms with van der Waals surface area (Å²) in [6.07, 6.45) is 4.04. The third-order valence-electron chi connectivity index (χ3n) is 5.11. The monoisotopic (exact) mass is 565 g/mol. The number of halogens is 2. The number of aliphatic imine (C=N–C) groups is 1. The van der Waals surface area contributed by atoms with Crippen LogP contribution in [0.2, 0.25) is 0 Å². The summed E-state index contributed by atoms with van der Waals surface area (Å²) in [5.41, 5.74) is 6.63. The zero-order chi connectivity index (χ0) is 19.6. The molecule has 158 valence electrons. The molecular weight excluding hydrogens is 533 g/mol. The molecule has 0 atom stereocenters. The van der Waals surface area contributed by atoms with E-state index in [1.165, 1.54) is 5.56 Å². The molecule has 0 spiro atoms. The Kier molecular flexibility index (Phi) is 12.0. The van der Waals surface area contributed by atoms with Crippen molar-refractivity contribution in [2.24, 2.45) is 16.6 Å². The lowest BCUT2D eigenvalue weighted by atomic mass is 9.96. The van der Waals surface area contributed by atoms with Gasteiger partial charge in [-0.15, -0.1) is 24.0 Å². The molecule has 0 bridgehead atoms. The van der Waals surface area contributed by atoms with Crippen molar-refractivity contribution in [1.82, 2.24) is 15.1 Å². The van der Waals surface area contributed by atoms with Gasteiger partial charge in [-0.2, -0.15) is 0 Å². The van der Waals surface area contributed by atoms with Gasteiger partial charge >= 0.3 is 0 Å². The van der Waals surface area contributed by atoms with Gasteiger partial charge in [0.05, 0.1) is 0 Å². The number of hydrogen-bond donors (Lipinski definition) is 2. The molecule has 6 nitrogen and oxygen atoms in total. The molecule has 0 aliphatic carbocycles. The van der Waals surface area contributed by atoms with Gasteiger partial charge in [-0.1, -0.05) is 34.1 Å². The summed E-state index contributed by atoms with van der Waals surface area (Å²) in [4.78, 5) is 20.2. The number of benzene rings is 1. The Morgan fingerprint density at radius 3 is 2.61 bits per heavy atom. The summed E-state index contributed by atoms with van der Waals surface area (Å²) < 4.78 is 1.12. The van der Waals surface area contributed by atoms with Crippen LogP contribution in [0.4, 0.5) is 0 Å². The Hall–Kier alpha value is -0.870. The minimum atomic E-state index is -0.142. The van der Waals surface area contributed by atoms with Crippen molar-refractivity contribution in [3.63, 3.8) is 0 Å². The zero-order valence-electron chi connectivity index (χ0n) is 16.9. The van der Waals surface area contributed by atoms with E-state index in [1.54, 1.807) is 0 Å². The number of guanidine groups is 1. The van der Waals surface area contributed by atoms with E-state index in [2.05, 4.69) is 61.3 Å². The van der Waals surface area contributed by atoms with Gasteiger partial charge in [0.1, 0.15) is 0 Å². The van der Waals surface area contributed by atoms with Gasteiger partial charge in [-0.25, -0.2) is 0 Å². The zero-order valence-corrected chi connectivity index (χ0v) is 20.8. The van der Waals surface area contributed by atoms with Crippen molar-refractivity contribution >= 4 is 51.8 Å². The third kappa shape index (κ3) is 8.24. The van der Waals surface area contributed by atoms with Crippen molar-refractivity contribution in [3.05, 3.63) is 34.3 Å². The summed E-state index contributed by atoms with van der Waals surface area (Å²) >= 11 is 3.60. The van der Waals surface area contributed by atoms with Crippen LogP contribution < -0.4 is 11.1 Å². The second kappa shape index (κ2) is 13.4. The van der Waals surface area contributed by atoms with Crippen LogP contribution in [0, 0.1) is 5.92 Å². The first-order valence-electron chi connectivity index (χ1n) is 9.68. The number of primary amides is 1. The summed E-state index contributed by atoms with van der Waals surface area (Å²) in [5, 5.41) is 3.45. The van der Waals surface area contributed by atoms with Crippen LogP contribution in [0.5, 0.6) is 0 Å². The van der Waals surface area contributed by atoms with E-state index in [0.717, 1.165) is 68.8 Å². The molecule has 1 aromatic carbocycles. The van der Waals surface area contributed by atoms with Crippen molar-refractivity contribution in [3.8, 4) is 0 Å².